The molecule has 2 rings (SSSR count). The number of esters is 2. The third kappa shape index (κ3) is 2.08. The van der Waals surface area contributed by atoms with Crippen LogP contribution in [0.3, 0.4) is 0 Å². The topological polar surface area (TPSA) is 74.1 Å². The standard InChI is InChI=1S/C13H11NO5/c1-18-12(16)10-9(15)7-8-5-3-4-6-14(8)11(10)13(17)19-2/h3-7H,1-2H3. The minimum atomic E-state index is -0.872. The minimum absolute atomic E-state index is 0.141. The third-order valence-corrected chi connectivity index (χ3v) is 2.66. The lowest BCUT2D eigenvalue weighted by Crippen LogP contribution is -2.25. The molecule has 0 radical (unpaired) electrons. The fourth-order valence-corrected chi connectivity index (χ4v) is 1.82. The van der Waals surface area contributed by atoms with E-state index in [1.807, 2.05) is 0 Å². The van der Waals surface area contributed by atoms with Gasteiger partial charge in [-0.1, -0.05) is 6.07 Å². The molecule has 19 heavy (non-hydrogen) atoms. The second kappa shape index (κ2) is 4.93. The van der Waals surface area contributed by atoms with Crippen molar-refractivity contribution in [3.63, 3.8) is 0 Å². The van der Waals surface area contributed by atoms with Gasteiger partial charge in [0.2, 0.25) is 0 Å². The first-order valence-electron chi connectivity index (χ1n) is 5.41. The zero-order valence-corrected chi connectivity index (χ0v) is 10.4. The zero-order chi connectivity index (χ0) is 14.0. The van der Waals surface area contributed by atoms with E-state index >= 15 is 0 Å². The Labute approximate surface area is 108 Å². The molecule has 0 bridgehead atoms. The van der Waals surface area contributed by atoms with E-state index in [2.05, 4.69) is 9.47 Å². The van der Waals surface area contributed by atoms with Crippen molar-refractivity contribution in [2.45, 2.75) is 0 Å². The molecule has 0 atom stereocenters. The number of fused-ring (bicyclic) bond motifs is 1. The van der Waals surface area contributed by atoms with Crippen molar-refractivity contribution < 1.29 is 19.1 Å². The van der Waals surface area contributed by atoms with Gasteiger partial charge in [-0.05, 0) is 12.1 Å². The van der Waals surface area contributed by atoms with Gasteiger partial charge in [0.25, 0.3) is 0 Å². The predicted octanol–water partition coefficient (Wildman–Crippen LogP) is 0.873. The molecule has 0 unspecified atom stereocenters. The number of nitrogens with zero attached hydrogens (tertiary/aromatic N) is 1. The molecule has 0 aliphatic heterocycles. The van der Waals surface area contributed by atoms with Crippen LogP contribution in [0.25, 0.3) is 5.52 Å². The number of carbonyl (C=O) groups is 2. The number of hydrogen-bond acceptors (Lipinski definition) is 5. The number of pyridine rings is 2. The summed E-state index contributed by atoms with van der Waals surface area (Å²) in [4.78, 5) is 35.5. The van der Waals surface area contributed by atoms with E-state index in [1.165, 1.54) is 17.6 Å². The number of hydrogen-bond donors (Lipinski definition) is 0. The molecular weight excluding hydrogens is 250 g/mol. The van der Waals surface area contributed by atoms with Crippen LogP contribution in [0.2, 0.25) is 0 Å². The predicted molar refractivity (Wildman–Crippen MR) is 66.3 cm³/mol. The quantitative estimate of drug-likeness (QED) is 0.750. The molecule has 0 aliphatic rings. The third-order valence-electron chi connectivity index (χ3n) is 2.66. The van der Waals surface area contributed by atoms with E-state index < -0.39 is 17.4 Å². The Hall–Kier alpha value is -2.63. The lowest BCUT2D eigenvalue weighted by Gasteiger charge is -2.10. The van der Waals surface area contributed by atoms with Crippen molar-refractivity contribution in [1.29, 1.82) is 0 Å². The summed E-state index contributed by atoms with van der Waals surface area (Å²) in [6.07, 6.45) is 1.56. The van der Waals surface area contributed by atoms with E-state index in [-0.39, 0.29) is 11.3 Å². The van der Waals surface area contributed by atoms with Crippen LogP contribution in [0.5, 0.6) is 0 Å². The first-order chi connectivity index (χ1) is 9.10. The van der Waals surface area contributed by atoms with Crippen molar-refractivity contribution in [3.8, 4) is 0 Å². The summed E-state index contributed by atoms with van der Waals surface area (Å²) in [6, 6.07) is 6.30. The van der Waals surface area contributed by atoms with Crippen molar-refractivity contribution in [2.24, 2.45) is 0 Å². The van der Waals surface area contributed by atoms with Crippen LogP contribution in [0.4, 0.5) is 0 Å². The summed E-state index contributed by atoms with van der Waals surface area (Å²) in [6.45, 7) is 0. The zero-order valence-electron chi connectivity index (χ0n) is 10.4. The fraction of sp³-hybridized carbons (Fsp3) is 0.154. The first kappa shape index (κ1) is 12.8. The average molecular weight is 261 g/mol. The number of rotatable bonds is 2. The molecule has 0 amide bonds. The van der Waals surface area contributed by atoms with Crippen LogP contribution in [0.1, 0.15) is 20.8 Å². The second-order valence-corrected chi connectivity index (χ2v) is 3.71. The molecule has 0 saturated carbocycles. The Morgan fingerprint density at radius 2 is 1.79 bits per heavy atom. The molecule has 98 valence electrons. The molecule has 0 aliphatic carbocycles. The Kier molecular flexibility index (Phi) is 3.33. The second-order valence-electron chi connectivity index (χ2n) is 3.71. The summed E-state index contributed by atoms with van der Waals surface area (Å²) < 4.78 is 10.6. The molecule has 6 heteroatoms. The maximum atomic E-state index is 12.0. The lowest BCUT2D eigenvalue weighted by molar-refractivity contribution is 0.0547. The SMILES string of the molecule is COC(=O)c1c(C(=O)OC)n2ccccc2cc1=O. The Morgan fingerprint density at radius 1 is 1.11 bits per heavy atom. The molecular formula is C13H11NO5. The molecule has 0 spiro atoms. The molecule has 2 aromatic rings. The van der Waals surface area contributed by atoms with Gasteiger partial charge in [-0.3, -0.25) is 4.79 Å². The number of ether oxygens (including phenoxy) is 2. The average Bonchev–Trinajstić information content (AvgIpc) is 2.44. The van der Waals surface area contributed by atoms with E-state index in [0.717, 1.165) is 7.11 Å². The molecule has 0 fully saturated rings. The van der Waals surface area contributed by atoms with Crippen molar-refractivity contribution >= 4 is 17.5 Å². The highest BCUT2D eigenvalue weighted by molar-refractivity contribution is 6.02. The molecule has 0 N–H and O–H groups in total. The van der Waals surface area contributed by atoms with Gasteiger partial charge in [-0.15, -0.1) is 0 Å². The van der Waals surface area contributed by atoms with E-state index in [4.69, 9.17) is 0 Å². The normalized spacial score (nSPS) is 10.2. The number of methoxy groups -OCH3 is 2. The van der Waals surface area contributed by atoms with Crippen LogP contribution in [-0.2, 0) is 9.47 Å². The molecule has 0 aromatic carbocycles. The highest BCUT2D eigenvalue weighted by atomic mass is 16.5. The lowest BCUT2D eigenvalue weighted by atomic mass is 10.1. The summed E-state index contributed by atoms with van der Waals surface area (Å²) in [5, 5.41) is 0. The highest BCUT2D eigenvalue weighted by Gasteiger charge is 2.24. The van der Waals surface area contributed by atoms with Crippen molar-refractivity contribution in [2.75, 3.05) is 14.2 Å². The first-order valence-corrected chi connectivity index (χ1v) is 5.41. The van der Waals surface area contributed by atoms with Crippen LogP contribution >= 0.6 is 0 Å². The van der Waals surface area contributed by atoms with Gasteiger partial charge in [0, 0.05) is 17.8 Å². The highest BCUT2D eigenvalue weighted by Crippen LogP contribution is 2.12. The fourth-order valence-electron chi connectivity index (χ4n) is 1.82. The van der Waals surface area contributed by atoms with Gasteiger partial charge in [0.15, 0.2) is 11.1 Å². The number of aromatic nitrogens is 1. The summed E-state index contributed by atoms with van der Waals surface area (Å²) in [5.41, 5.74) is -0.575. The van der Waals surface area contributed by atoms with Gasteiger partial charge in [0.05, 0.1) is 14.2 Å². The van der Waals surface area contributed by atoms with Gasteiger partial charge < -0.3 is 13.9 Å². The van der Waals surface area contributed by atoms with E-state index in [1.54, 1.807) is 24.4 Å². The largest absolute Gasteiger partial charge is 0.465 e. The monoisotopic (exact) mass is 261 g/mol. The Morgan fingerprint density at radius 3 is 2.42 bits per heavy atom. The van der Waals surface area contributed by atoms with Crippen LogP contribution in [-0.4, -0.2) is 30.6 Å². The van der Waals surface area contributed by atoms with Crippen LogP contribution in [0, 0.1) is 0 Å². The molecule has 0 saturated heterocycles. The maximum absolute atomic E-state index is 12.0. The van der Waals surface area contributed by atoms with Gasteiger partial charge >= 0.3 is 11.9 Å². The van der Waals surface area contributed by atoms with Crippen molar-refractivity contribution in [3.05, 3.63) is 51.9 Å². The molecule has 2 heterocycles. The molecule has 2 aromatic heterocycles. The smallest absolute Gasteiger partial charge is 0.356 e. The summed E-state index contributed by atoms with van der Waals surface area (Å²) in [7, 11) is 2.32. The van der Waals surface area contributed by atoms with E-state index in [9.17, 15) is 14.4 Å². The van der Waals surface area contributed by atoms with Gasteiger partial charge in [-0.2, -0.15) is 0 Å². The van der Waals surface area contributed by atoms with Crippen molar-refractivity contribution in [1.82, 2.24) is 4.40 Å². The summed E-state index contributed by atoms with van der Waals surface area (Å²) in [5.74, 6) is -1.65. The van der Waals surface area contributed by atoms with Crippen LogP contribution in [0.15, 0.2) is 35.3 Å². The van der Waals surface area contributed by atoms with E-state index in [0.29, 0.717) is 5.52 Å². The van der Waals surface area contributed by atoms with Gasteiger partial charge in [-0.25, -0.2) is 9.59 Å². The Bertz CT molecular complexity index is 717. The summed E-state index contributed by atoms with van der Waals surface area (Å²) >= 11 is 0. The minimum Gasteiger partial charge on any atom is -0.465 e. The maximum Gasteiger partial charge on any atom is 0.356 e. The molecule has 6 nitrogen and oxygen atoms in total. The number of carbonyl (C=O) groups excluding carboxylic acids is 2. The van der Waals surface area contributed by atoms with Crippen LogP contribution < -0.4 is 5.43 Å². The van der Waals surface area contributed by atoms with Gasteiger partial charge in [0.1, 0.15) is 5.56 Å². The Balaban J connectivity index is 2.94.